The van der Waals surface area contributed by atoms with Crippen molar-refractivity contribution in [2.45, 2.75) is 33.3 Å². The van der Waals surface area contributed by atoms with Gasteiger partial charge in [0, 0.05) is 19.7 Å². The molecule has 0 spiro atoms. The highest BCUT2D eigenvalue weighted by molar-refractivity contribution is 5.44. The Morgan fingerprint density at radius 3 is 2.67 bits per heavy atom. The SMILES string of the molecule is Cc1ccc(C)c(OCC(O)CN2CCC(CO)C2)c1C. The zero-order valence-electron chi connectivity index (χ0n) is 13.3. The lowest BCUT2D eigenvalue weighted by Gasteiger charge is -2.21. The fourth-order valence-electron chi connectivity index (χ4n) is 2.91. The van der Waals surface area contributed by atoms with Crippen LogP contribution in [0.3, 0.4) is 0 Å². The van der Waals surface area contributed by atoms with Crippen molar-refractivity contribution in [2.75, 3.05) is 32.8 Å². The van der Waals surface area contributed by atoms with Crippen LogP contribution in [0.1, 0.15) is 23.1 Å². The molecule has 0 aromatic heterocycles. The minimum atomic E-state index is -0.498. The van der Waals surface area contributed by atoms with Crippen LogP contribution in [0.2, 0.25) is 0 Å². The molecule has 1 heterocycles. The summed E-state index contributed by atoms with van der Waals surface area (Å²) >= 11 is 0. The molecule has 1 aliphatic rings. The normalized spacial score (nSPS) is 20.7. The Hall–Kier alpha value is -1.10. The third kappa shape index (κ3) is 4.19. The predicted octanol–water partition coefficient (Wildman–Crippen LogP) is 1.67. The van der Waals surface area contributed by atoms with E-state index in [2.05, 4.69) is 30.9 Å². The number of ether oxygens (including phenoxy) is 1. The minimum absolute atomic E-state index is 0.241. The Morgan fingerprint density at radius 2 is 2.00 bits per heavy atom. The van der Waals surface area contributed by atoms with Gasteiger partial charge in [0.15, 0.2) is 0 Å². The number of hydrogen-bond donors (Lipinski definition) is 2. The molecule has 118 valence electrons. The van der Waals surface area contributed by atoms with Gasteiger partial charge in [-0.2, -0.15) is 0 Å². The van der Waals surface area contributed by atoms with Crippen molar-refractivity contribution in [3.63, 3.8) is 0 Å². The summed E-state index contributed by atoms with van der Waals surface area (Å²) in [6.07, 6.45) is 0.516. The van der Waals surface area contributed by atoms with Gasteiger partial charge in [0.2, 0.25) is 0 Å². The molecule has 2 unspecified atom stereocenters. The summed E-state index contributed by atoms with van der Waals surface area (Å²) in [6.45, 7) is 9.13. The molecule has 21 heavy (non-hydrogen) atoms. The first kappa shape index (κ1) is 16.3. The van der Waals surface area contributed by atoms with Crippen molar-refractivity contribution in [2.24, 2.45) is 5.92 Å². The number of aliphatic hydroxyl groups is 2. The van der Waals surface area contributed by atoms with E-state index in [1.165, 1.54) is 5.56 Å². The number of aryl methyl sites for hydroxylation is 2. The fourth-order valence-corrected chi connectivity index (χ4v) is 2.91. The molecule has 1 aliphatic heterocycles. The van der Waals surface area contributed by atoms with Crippen LogP contribution >= 0.6 is 0 Å². The summed E-state index contributed by atoms with van der Waals surface area (Å²) in [4.78, 5) is 2.20. The van der Waals surface area contributed by atoms with E-state index in [1.54, 1.807) is 0 Å². The Kier molecular flexibility index (Phi) is 5.62. The maximum absolute atomic E-state index is 10.2. The number of likely N-dealkylation sites (tertiary alicyclic amines) is 1. The van der Waals surface area contributed by atoms with Gasteiger partial charge in [0.1, 0.15) is 18.5 Å². The van der Waals surface area contributed by atoms with Crippen LogP contribution in [0.4, 0.5) is 0 Å². The summed E-state index contributed by atoms with van der Waals surface area (Å²) in [6, 6.07) is 4.14. The Labute approximate surface area is 127 Å². The van der Waals surface area contributed by atoms with E-state index in [9.17, 15) is 5.11 Å². The average molecular weight is 293 g/mol. The molecule has 0 radical (unpaired) electrons. The van der Waals surface area contributed by atoms with E-state index in [0.717, 1.165) is 36.4 Å². The molecule has 2 N–H and O–H groups in total. The van der Waals surface area contributed by atoms with Gasteiger partial charge in [-0.25, -0.2) is 0 Å². The standard InChI is InChI=1S/C17H27NO3/c1-12-4-5-13(2)17(14(12)3)21-11-16(20)9-18-7-6-15(8-18)10-19/h4-5,15-16,19-20H,6-11H2,1-3H3. The number of aliphatic hydroxyl groups excluding tert-OH is 2. The van der Waals surface area contributed by atoms with Gasteiger partial charge in [-0.1, -0.05) is 12.1 Å². The van der Waals surface area contributed by atoms with Crippen molar-refractivity contribution in [3.8, 4) is 5.75 Å². The lowest BCUT2D eigenvalue weighted by molar-refractivity contribution is 0.0730. The summed E-state index contributed by atoms with van der Waals surface area (Å²) in [5, 5.41) is 19.3. The molecule has 0 saturated carbocycles. The molecule has 0 aliphatic carbocycles. The summed E-state index contributed by atoms with van der Waals surface area (Å²) in [5.41, 5.74) is 3.45. The van der Waals surface area contributed by atoms with Crippen molar-refractivity contribution < 1.29 is 14.9 Å². The lowest BCUT2D eigenvalue weighted by atomic mass is 10.1. The van der Waals surface area contributed by atoms with Gasteiger partial charge in [-0.05, 0) is 56.3 Å². The topological polar surface area (TPSA) is 52.9 Å². The highest BCUT2D eigenvalue weighted by Gasteiger charge is 2.23. The lowest BCUT2D eigenvalue weighted by Crippen LogP contribution is -2.34. The monoisotopic (exact) mass is 293 g/mol. The van der Waals surface area contributed by atoms with Crippen molar-refractivity contribution >= 4 is 0 Å². The summed E-state index contributed by atoms with van der Waals surface area (Å²) in [5.74, 6) is 1.25. The molecule has 0 bridgehead atoms. The molecule has 2 rings (SSSR count). The Bertz CT molecular complexity index is 475. The van der Waals surface area contributed by atoms with E-state index in [1.807, 2.05) is 6.92 Å². The van der Waals surface area contributed by atoms with Crippen LogP contribution in [-0.4, -0.2) is 54.1 Å². The number of hydrogen-bond acceptors (Lipinski definition) is 4. The highest BCUT2D eigenvalue weighted by Crippen LogP contribution is 2.26. The third-order valence-corrected chi connectivity index (χ3v) is 4.39. The maximum atomic E-state index is 10.2. The van der Waals surface area contributed by atoms with Crippen LogP contribution in [0.25, 0.3) is 0 Å². The van der Waals surface area contributed by atoms with Gasteiger partial charge in [0.25, 0.3) is 0 Å². The number of nitrogens with zero attached hydrogens (tertiary/aromatic N) is 1. The van der Waals surface area contributed by atoms with Crippen LogP contribution in [0, 0.1) is 26.7 Å². The first-order chi connectivity index (χ1) is 10.0. The molecule has 2 atom stereocenters. The molecule has 1 fully saturated rings. The average Bonchev–Trinajstić information content (AvgIpc) is 2.90. The molecular weight excluding hydrogens is 266 g/mol. The second kappa shape index (κ2) is 7.25. The quantitative estimate of drug-likeness (QED) is 0.838. The zero-order chi connectivity index (χ0) is 15.4. The first-order valence-corrected chi connectivity index (χ1v) is 7.72. The molecule has 1 aromatic rings. The van der Waals surface area contributed by atoms with E-state index < -0.39 is 6.10 Å². The van der Waals surface area contributed by atoms with Crippen LogP contribution in [0.15, 0.2) is 12.1 Å². The van der Waals surface area contributed by atoms with E-state index in [0.29, 0.717) is 19.1 Å². The predicted molar refractivity (Wildman–Crippen MR) is 83.8 cm³/mol. The fraction of sp³-hybridized carbons (Fsp3) is 0.647. The summed E-state index contributed by atoms with van der Waals surface area (Å²) < 4.78 is 5.85. The van der Waals surface area contributed by atoms with Gasteiger partial charge in [-0.15, -0.1) is 0 Å². The maximum Gasteiger partial charge on any atom is 0.125 e. The molecule has 1 aromatic carbocycles. The van der Waals surface area contributed by atoms with E-state index in [4.69, 9.17) is 9.84 Å². The van der Waals surface area contributed by atoms with Gasteiger partial charge >= 0.3 is 0 Å². The van der Waals surface area contributed by atoms with Gasteiger partial charge in [0.05, 0.1) is 0 Å². The molecule has 1 saturated heterocycles. The molecule has 0 amide bonds. The zero-order valence-corrected chi connectivity index (χ0v) is 13.3. The summed E-state index contributed by atoms with van der Waals surface area (Å²) in [7, 11) is 0. The molecular formula is C17H27NO3. The Balaban J connectivity index is 1.84. The van der Waals surface area contributed by atoms with Crippen LogP contribution in [-0.2, 0) is 0 Å². The smallest absolute Gasteiger partial charge is 0.125 e. The minimum Gasteiger partial charge on any atom is -0.490 e. The van der Waals surface area contributed by atoms with Crippen molar-refractivity contribution in [1.29, 1.82) is 0 Å². The second-order valence-corrected chi connectivity index (χ2v) is 6.22. The first-order valence-electron chi connectivity index (χ1n) is 7.72. The number of rotatable bonds is 6. The molecule has 4 heteroatoms. The molecule has 4 nitrogen and oxygen atoms in total. The Morgan fingerprint density at radius 1 is 1.29 bits per heavy atom. The van der Waals surface area contributed by atoms with Crippen LogP contribution in [0.5, 0.6) is 5.75 Å². The number of benzene rings is 1. The largest absolute Gasteiger partial charge is 0.490 e. The van der Waals surface area contributed by atoms with Gasteiger partial charge in [-0.3, -0.25) is 0 Å². The van der Waals surface area contributed by atoms with Gasteiger partial charge < -0.3 is 19.8 Å². The second-order valence-electron chi connectivity index (χ2n) is 6.22. The number of β-amino-alcohol motifs (C(OH)–C–C–N with tert-alkyl or cyclic N) is 1. The van der Waals surface area contributed by atoms with Crippen LogP contribution < -0.4 is 4.74 Å². The van der Waals surface area contributed by atoms with Crippen molar-refractivity contribution in [3.05, 3.63) is 28.8 Å². The third-order valence-electron chi connectivity index (χ3n) is 4.39. The van der Waals surface area contributed by atoms with E-state index in [-0.39, 0.29) is 6.61 Å². The highest BCUT2D eigenvalue weighted by atomic mass is 16.5. The van der Waals surface area contributed by atoms with E-state index >= 15 is 0 Å². The van der Waals surface area contributed by atoms with Crippen molar-refractivity contribution in [1.82, 2.24) is 4.90 Å².